The number of nitrogens with zero attached hydrogens (tertiary/aromatic N) is 1. The van der Waals surface area contributed by atoms with E-state index in [1.54, 1.807) is 11.0 Å². The van der Waals surface area contributed by atoms with Crippen LogP contribution in [-0.4, -0.2) is 23.6 Å². The number of fused-ring (bicyclic) bond motifs is 1. The molecular weight excluding hydrogens is 386 g/mol. The van der Waals surface area contributed by atoms with Gasteiger partial charge in [0.25, 0.3) is 11.7 Å². The molecule has 1 aromatic carbocycles. The maximum Gasteiger partial charge on any atom is 0.299 e. The minimum absolute atomic E-state index is 0.116. The molecule has 2 aliphatic rings. The number of rotatable bonds is 3. The van der Waals surface area contributed by atoms with Crippen molar-refractivity contribution in [3.05, 3.63) is 28.2 Å². The lowest BCUT2D eigenvalue weighted by Crippen LogP contribution is -2.40. The molecule has 0 saturated heterocycles. The molecule has 0 unspecified atom stereocenters. The SMILES string of the molecule is O=C1C(=O)N(CC2(CBr)CCCC2)c2ccc(Br)cc21. The number of anilines is 1. The molecule has 3 rings (SSSR count). The highest BCUT2D eigenvalue weighted by atomic mass is 79.9. The first kappa shape index (κ1) is 14.3. The second-order valence-corrected chi connectivity index (χ2v) is 7.20. The number of amides is 1. The van der Waals surface area contributed by atoms with Gasteiger partial charge in [-0.25, -0.2) is 0 Å². The van der Waals surface area contributed by atoms with Gasteiger partial charge < -0.3 is 4.90 Å². The predicted molar refractivity (Wildman–Crippen MR) is 85.5 cm³/mol. The molecule has 1 amide bonds. The minimum Gasteiger partial charge on any atom is -0.304 e. The van der Waals surface area contributed by atoms with Crippen LogP contribution in [0.4, 0.5) is 5.69 Å². The molecule has 106 valence electrons. The standard InChI is InChI=1S/C15H15Br2NO2/c16-8-15(5-1-2-6-15)9-18-12-4-3-10(17)7-11(12)13(19)14(18)20/h3-4,7H,1-2,5-6,8-9H2. The van der Waals surface area contributed by atoms with E-state index in [-0.39, 0.29) is 17.1 Å². The first-order valence-corrected chi connectivity index (χ1v) is 8.69. The summed E-state index contributed by atoms with van der Waals surface area (Å²) in [5, 5.41) is 0.879. The van der Waals surface area contributed by atoms with Crippen LogP contribution in [0.25, 0.3) is 0 Å². The van der Waals surface area contributed by atoms with Gasteiger partial charge in [-0.15, -0.1) is 0 Å². The van der Waals surface area contributed by atoms with E-state index in [0.717, 1.165) is 28.3 Å². The molecule has 1 aromatic rings. The van der Waals surface area contributed by atoms with Gasteiger partial charge in [0.2, 0.25) is 0 Å². The number of ketones is 1. The molecule has 0 atom stereocenters. The van der Waals surface area contributed by atoms with Gasteiger partial charge in [-0.1, -0.05) is 44.7 Å². The van der Waals surface area contributed by atoms with E-state index in [1.807, 2.05) is 12.1 Å². The molecule has 0 aromatic heterocycles. The Balaban J connectivity index is 1.95. The first-order chi connectivity index (χ1) is 9.56. The highest BCUT2D eigenvalue weighted by molar-refractivity contribution is 9.10. The number of carbonyl (C=O) groups is 2. The van der Waals surface area contributed by atoms with Crippen molar-refractivity contribution in [1.82, 2.24) is 0 Å². The number of Topliss-reactive ketones (excluding diaryl/α,β-unsaturated/α-hetero) is 1. The van der Waals surface area contributed by atoms with Crippen LogP contribution in [0.3, 0.4) is 0 Å². The molecular formula is C15H15Br2NO2. The van der Waals surface area contributed by atoms with Crippen molar-refractivity contribution in [2.45, 2.75) is 25.7 Å². The quantitative estimate of drug-likeness (QED) is 0.569. The third-order valence-electron chi connectivity index (χ3n) is 4.37. The second kappa shape index (κ2) is 5.26. The summed E-state index contributed by atoms with van der Waals surface area (Å²) in [6.07, 6.45) is 4.63. The monoisotopic (exact) mass is 399 g/mol. The summed E-state index contributed by atoms with van der Waals surface area (Å²) in [6.45, 7) is 0.636. The summed E-state index contributed by atoms with van der Waals surface area (Å²) in [7, 11) is 0. The predicted octanol–water partition coefficient (Wildman–Crippen LogP) is 3.93. The van der Waals surface area contributed by atoms with Gasteiger partial charge >= 0.3 is 0 Å². The van der Waals surface area contributed by atoms with Crippen LogP contribution in [0.5, 0.6) is 0 Å². The van der Waals surface area contributed by atoms with Crippen LogP contribution in [-0.2, 0) is 4.79 Å². The summed E-state index contributed by atoms with van der Waals surface area (Å²) in [5.41, 5.74) is 1.40. The fourth-order valence-corrected chi connectivity index (χ4v) is 4.32. The van der Waals surface area contributed by atoms with Gasteiger partial charge in [-0.05, 0) is 36.5 Å². The fourth-order valence-electron chi connectivity index (χ4n) is 3.22. The van der Waals surface area contributed by atoms with Crippen LogP contribution < -0.4 is 4.90 Å². The fraction of sp³-hybridized carbons (Fsp3) is 0.467. The zero-order valence-electron chi connectivity index (χ0n) is 11.0. The zero-order chi connectivity index (χ0) is 14.3. The van der Waals surface area contributed by atoms with Crippen molar-refractivity contribution in [2.24, 2.45) is 5.41 Å². The highest BCUT2D eigenvalue weighted by Crippen LogP contribution is 2.43. The molecule has 20 heavy (non-hydrogen) atoms. The topological polar surface area (TPSA) is 37.4 Å². The largest absolute Gasteiger partial charge is 0.304 e. The maximum atomic E-state index is 12.3. The summed E-state index contributed by atoms with van der Waals surface area (Å²) in [6, 6.07) is 5.48. The lowest BCUT2D eigenvalue weighted by molar-refractivity contribution is -0.114. The van der Waals surface area contributed by atoms with Crippen molar-refractivity contribution in [2.75, 3.05) is 16.8 Å². The summed E-state index contributed by atoms with van der Waals surface area (Å²) >= 11 is 6.95. The molecule has 3 nitrogen and oxygen atoms in total. The van der Waals surface area contributed by atoms with Crippen molar-refractivity contribution in [1.29, 1.82) is 0 Å². The molecule has 1 saturated carbocycles. The number of alkyl halides is 1. The lowest BCUT2D eigenvalue weighted by atomic mass is 9.88. The molecule has 1 fully saturated rings. The maximum absolute atomic E-state index is 12.3. The second-order valence-electron chi connectivity index (χ2n) is 5.72. The number of hydrogen-bond donors (Lipinski definition) is 0. The van der Waals surface area contributed by atoms with Gasteiger partial charge in [0.05, 0.1) is 11.3 Å². The van der Waals surface area contributed by atoms with Crippen molar-refractivity contribution in [3.8, 4) is 0 Å². The van der Waals surface area contributed by atoms with Crippen LogP contribution in [0, 0.1) is 5.41 Å². The van der Waals surface area contributed by atoms with E-state index < -0.39 is 0 Å². The number of carbonyl (C=O) groups excluding carboxylic acids is 2. The van der Waals surface area contributed by atoms with Gasteiger partial charge in [0.15, 0.2) is 0 Å². The molecule has 0 N–H and O–H groups in total. The Kier molecular flexibility index (Phi) is 3.75. The third kappa shape index (κ3) is 2.25. The molecule has 0 spiro atoms. The van der Waals surface area contributed by atoms with E-state index in [0.29, 0.717) is 12.1 Å². The summed E-state index contributed by atoms with van der Waals surface area (Å²) < 4.78 is 0.829. The first-order valence-electron chi connectivity index (χ1n) is 6.78. The average Bonchev–Trinajstić information content (AvgIpc) is 3.00. The van der Waals surface area contributed by atoms with Gasteiger partial charge in [0.1, 0.15) is 0 Å². The third-order valence-corrected chi connectivity index (χ3v) is 6.06. The molecule has 1 heterocycles. The smallest absolute Gasteiger partial charge is 0.299 e. The van der Waals surface area contributed by atoms with Crippen LogP contribution in [0.2, 0.25) is 0 Å². The molecule has 5 heteroatoms. The minimum atomic E-state index is -0.385. The Morgan fingerprint density at radius 1 is 1.20 bits per heavy atom. The van der Waals surface area contributed by atoms with E-state index >= 15 is 0 Å². The summed E-state index contributed by atoms with van der Waals surface area (Å²) in [4.78, 5) is 26.0. The van der Waals surface area contributed by atoms with E-state index in [2.05, 4.69) is 31.9 Å². The van der Waals surface area contributed by atoms with E-state index in [1.165, 1.54) is 12.8 Å². The zero-order valence-corrected chi connectivity index (χ0v) is 14.2. The Bertz CT molecular complexity index is 579. The highest BCUT2D eigenvalue weighted by Gasteiger charge is 2.42. The Morgan fingerprint density at radius 3 is 2.55 bits per heavy atom. The average molecular weight is 401 g/mol. The number of benzene rings is 1. The van der Waals surface area contributed by atoms with E-state index in [4.69, 9.17) is 0 Å². The molecule has 0 radical (unpaired) electrons. The van der Waals surface area contributed by atoms with Crippen molar-refractivity contribution < 1.29 is 9.59 Å². The van der Waals surface area contributed by atoms with Gasteiger partial charge in [-0.2, -0.15) is 0 Å². The molecule has 1 aliphatic heterocycles. The van der Waals surface area contributed by atoms with Crippen LogP contribution in [0.1, 0.15) is 36.0 Å². The Hall–Kier alpha value is -0.680. The molecule has 0 bridgehead atoms. The van der Waals surface area contributed by atoms with Crippen LogP contribution >= 0.6 is 31.9 Å². The Morgan fingerprint density at radius 2 is 1.90 bits per heavy atom. The normalized spacial score (nSPS) is 20.6. The summed E-state index contributed by atoms with van der Waals surface area (Å²) in [5.74, 6) is -0.769. The molecule has 1 aliphatic carbocycles. The van der Waals surface area contributed by atoms with Crippen molar-refractivity contribution >= 4 is 49.2 Å². The Labute approximate surface area is 135 Å². The van der Waals surface area contributed by atoms with Crippen LogP contribution in [0.15, 0.2) is 22.7 Å². The van der Waals surface area contributed by atoms with Gasteiger partial charge in [0, 0.05) is 16.3 Å². The van der Waals surface area contributed by atoms with E-state index in [9.17, 15) is 9.59 Å². The lowest BCUT2D eigenvalue weighted by Gasteiger charge is -2.31. The number of halogens is 2. The number of hydrogen-bond acceptors (Lipinski definition) is 2. The van der Waals surface area contributed by atoms with Crippen molar-refractivity contribution in [3.63, 3.8) is 0 Å². The van der Waals surface area contributed by atoms with Gasteiger partial charge in [-0.3, -0.25) is 9.59 Å².